The van der Waals surface area contributed by atoms with Crippen molar-refractivity contribution in [1.29, 1.82) is 0 Å². The van der Waals surface area contributed by atoms with Crippen LogP contribution in [0.4, 0.5) is 5.69 Å². The van der Waals surface area contributed by atoms with Gasteiger partial charge < -0.3 is 10.2 Å². The van der Waals surface area contributed by atoms with Crippen molar-refractivity contribution in [2.24, 2.45) is 0 Å². The van der Waals surface area contributed by atoms with E-state index in [1.807, 2.05) is 55.5 Å². The molecule has 1 aliphatic rings. The molecule has 1 aliphatic heterocycles. The SMILES string of the molecule is CC(NC(=O)CCC(=O)N1CCSc2ccccc21)c1ccccc1Br. The number of fused-ring (bicyclic) bond motifs is 1. The number of amides is 2. The number of hydrogen-bond donors (Lipinski definition) is 1. The van der Waals surface area contributed by atoms with Gasteiger partial charge in [0.1, 0.15) is 0 Å². The van der Waals surface area contributed by atoms with Crippen molar-refractivity contribution in [3.05, 3.63) is 58.6 Å². The quantitative estimate of drug-likeness (QED) is 0.753. The highest BCUT2D eigenvalue weighted by molar-refractivity contribution is 9.10. The molecule has 0 saturated carbocycles. The summed E-state index contributed by atoms with van der Waals surface area (Å²) in [6.45, 7) is 2.63. The van der Waals surface area contributed by atoms with Gasteiger partial charge >= 0.3 is 0 Å². The number of benzene rings is 2. The van der Waals surface area contributed by atoms with Crippen LogP contribution in [0.3, 0.4) is 0 Å². The minimum atomic E-state index is -0.111. The van der Waals surface area contributed by atoms with E-state index in [4.69, 9.17) is 0 Å². The van der Waals surface area contributed by atoms with Crippen LogP contribution in [0.15, 0.2) is 57.9 Å². The van der Waals surface area contributed by atoms with Crippen molar-refractivity contribution >= 4 is 45.2 Å². The predicted molar refractivity (Wildman–Crippen MR) is 109 cm³/mol. The number of carbonyl (C=O) groups excluding carboxylic acids is 2. The van der Waals surface area contributed by atoms with Crippen LogP contribution in [0.25, 0.3) is 0 Å². The summed E-state index contributed by atoms with van der Waals surface area (Å²) in [6.07, 6.45) is 0.410. The molecule has 1 atom stereocenters. The summed E-state index contributed by atoms with van der Waals surface area (Å²) < 4.78 is 0.964. The number of rotatable bonds is 5. The Labute approximate surface area is 166 Å². The van der Waals surface area contributed by atoms with Crippen LogP contribution in [-0.4, -0.2) is 24.1 Å². The molecule has 26 heavy (non-hydrogen) atoms. The lowest BCUT2D eigenvalue weighted by molar-refractivity contribution is -0.125. The number of thioether (sulfide) groups is 1. The van der Waals surface area contributed by atoms with Crippen LogP contribution in [0.2, 0.25) is 0 Å². The first-order chi connectivity index (χ1) is 12.6. The van der Waals surface area contributed by atoms with Gasteiger partial charge in [-0.05, 0) is 30.7 Å². The van der Waals surface area contributed by atoms with Crippen LogP contribution in [0, 0.1) is 0 Å². The summed E-state index contributed by atoms with van der Waals surface area (Å²) in [4.78, 5) is 27.8. The Morgan fingerprint density at radius 3 is 2.69 bits per heavy atom. The maximum Gasteiger partial charge on any atom is 0.227 e. The molecule has 136 valence electrons. The van der Waals surface area contributed by atoms with Crippen LogP contribution in [-0.2, 0) is 9.59 Å². The van der Waals surface area contributed by atoms with Crippen molar-refractivity contribution in [3.63, 3.8) is 0 Å². The van der Waals surface area contributed by atoms with Gasteiger partial charge in [-0.2, -0.15) is 0 Å². The molecule has 4 nitrogen and oxygen atoms in total. The zero-order valence-corrected chi connectivity index (χ0v) is 17.0. The van der Waals surface area contributed by atoms with Gasteiger partial charge in [-0.15, -0.1) is 11.8 Å². The molecule has 0 fully saturated rings. The van der Waals surface area contributed by atoms with E-state index in [1.54, 1.807) is 16.7 Å². The Kier molecular flexibility index (Phi) is 6.38. The van der Waals surface area contributed by atoms with Crippen LogP contribution >= 0.6 is 27.7 Å². The highest BCUT2D eigenvalue weighted by Gasteiger charge is 2.23. The summed E-state index contributed by atoms with van der Waals surface area (Å²) in [6, 6.07) is 15.6. The molecule has 0 bridgehead atoms. The van der Waals surface area contributed by atoms with Gasteiger partial charge in [0.25, 0.3) is 0 Å². The normalized spacial score (nSPS) is 14.5. The largest absolute Gasteiger partial charge is 0.350 e. The molecule has 0 saturated heterocycles. The first kappa shape index (κ1) is 19.0. The van der Waals surface area contributed by atoms with Crippen molar-refractivity contribution in [3.8, 4) is 0 Å². The Bertz CT molecular complexity index is 812. The lowest BCUT2D eigenvalue weighted by Gasteiger charge is -2.29. The predicted octanol–water partition coefficient (Wildman–Crippen LogP) is 4.55. The topological polar surface area (TPSA) is 49.4 Å². The molecule has 1 N–H and O–H groups in total. The number of halogens is 1. The number of para-hydroxylation sites is 1. The highest BCUT2D eigenvalue weighted by Crippen LogP contribution is 2.34. The fourth-order valence-corrected chi connectivity index (χ4v) is 4.62. The molecule has 3 rings (SSSR count). The third-order valence-electron chi connectivity index (χ3n) is 4.34. The first-order valence-corrected chi connectivity index (χ1v) is 10.4. The van der Waals surface area contributed by atoms with Gasteiger partial charge in [-0.3, -0.25) is 9.59 Å². The monoisotopic (exact) mass is 432 g/mol. The van der Waals surface area contributed by atoms with Crippen LogP contribution in [0.5, 0.6) is 0 Å². The van der Waals surface area contributed by atoms with E-state index in [-0.39, 0.29) is 30.7 Å². The molecule has 0 spiro atoms. The molecule has 2 amide bonds. The molecule has 2 aromatic rings. The Morgan fingerprint density at radius 1 is 1.15 bits per heavy atom. The summed E-state index contributed by atoms with van der Waals surface area (Å²) in [5.74, 6) is 0.774. The Morgan fingerprint density at radius 2 is 1.88 bits per heavy atom. The van der Waals surface area contributed by atoms with Gasteiger partial charge in [0.2, 0.25) is 11.8 Å². The van der Waals surface area contributed by atoms with Gasteiger partial charge in [0.05, 0.1) is 11.7 Å². The van der Waals surface area contributed by atoms with E-state index >= 15 is 0 Å². The second kappa shape index (κ2) is 8.73. The standard InChI is InChI=1S/C20H21BrN2O2S/c1-14(15-6-2-3-7-16(15)21)22-19(24)10-11-20(25)23-12-13-26-18-9-5-4-8-17(18)23/h2-9,14H,10-13H2,1H3,(H,22,24). The maximum absolute atomic E-state index is 12.6. The Balaban J connectivity index is 1.55. The lowest BCUT2D eigenvalue weighted by Crippen LogP contribution is -2.36. The molecule has 0 aromatic heterocycles. The summed E-state index contributed by atoms with van der Waals surface area (Å²) in [7, 11) is 0. The first-order valence-electron chi connectivity index (χ1n) is 8.62. The minimum Gasteiger partial charge on any atom is -0.350 e. The van der Waals surface area contributed by atoms with Gasteiger partial charge in [-0.25, -0.2) is 0 Å². The number of nitrogens with zero attached hydrogens (tertiary/aromatic N) is 1. The van der Waals surface area contributed by atoms with Crippen LogP contribution < -0.4 is 10.2 Å². The third kappa shape index (κ3) is 4.48. The van der Waals surface area contributed by atoms with Gasteiger partial charge in [0, 0.05) is 34.5 Å². The van der Waals surface area contributed by atoms with Crippen molar-refractivity contribution < 1.29 is 9.59 Å². The second-order valence-corrected chi connectivity index (χ2v) is 8.16. The smallest absolute Gasteiger partial charge is 0.227 e. The molecule has 6 heteroatoms. The fourth-order valence-electron chi connectivity index (χ4n) is 3.00. The second-order valence-electron chi connectivity index (χ2n) is 6.17. The Hall–Kier alpha value is -1.79. The fraction of sp³-hybridized carbons (Fsp3) is 0.300. The average Bonchev–Trinajstić information content (AvgIpc) is 2.66. The van der Waals surface area contributed by atoms with Crippen molar-refractivity contribution in [2.45, 2.75) is 30.7 Å². The summed E-state index contributed by atoms with van der Waals surface area (Å²) in [5.41, 5.74) is 1.98. The van der Waals surface area contributed by atoms with E-state index in [9.17, 15) is 9.59 Å². The highest BCUT2D eigenvalue weighted by atomic mass is 79.9. The number of nitrogens with one attached hydrogen (secondary N) is 1. The van der Waals surface area contributed by atoms with Crippen molar-refractivity contribution in [1.82, 2.24) is 5.32 Å². The number of anilines is 1. The molecular weight excluding hydrogens is 412 g/mol. The van der Waals surface area contributed by atoms with Crippen LogP contribution in [0.1, 0.15) is 31.4 Å². The zero-order chi connectivity index (χ0) is 18.5. The molecule has 2 aromatic carbocycles. The zero-order valence-electron chi connectivity index (χ0n) is 14.6. The average molecular weight is 433 g/mol. The molecule has 1 heterocycles. The summed E-state index contributed by atoms with van der Waals surface area (Å²) in [5, 5.41) is 2.97. The molecule has 1 unspecified atom stereocenters. The number of carbonyl (C=O) groups is 2. The van der Waals surface area contributed by atoms with E-state index in [2.05, 4.69) is 21.2 Å². The van der Waals surface area contributed by atoms with E-state index in [1.165, 1.54) is 0 Å². The maximum atomic E-state index is 12.6. The lowest BCUT2D eigenvalue weighted by atomic mass is 10.1. The number of hydrogen-bond acceptors (Lipinski definition) is 3. The summed E-state index contributed by atoms with van der Waals surface area (Å²) >= 11 is 5.27. The van der Waals surface area contributed by atoms with E-state index in [0.717, 1.165) is 26.4 Å². The molecule has 0 aliphatic carbocycles. The minimum absolute atomic E-state index is 0.00134. The third-order valence-corrected chi connectivity index (χ3v) is 6.11. The molecule has 0 radical (unpaired) electrons. The van der Waals surface area contributed by atoms with E-state index in [0.29, 0.717) is 6.54 Å². The van der Waals surface area contributed by atoms with Gasteiger partial charge in [0.15, 0.2) is 0 Å². The van der Waals surface area contributed by atoms with E-state index < -0.39 is 0 Å². The van der Waals surface area contributed by atoms with Gasteiger partial charge in [-0.1, -0.05) is 46.3 Å². The van der Waals surface area contributed by atoms with Crippen molar-refractivity contribution in [2.75, 3.05) is 17.2 Å². The molecular formula is C20H21BrN2O2S.